The number of rotatable bonds is 3. The molecular weight excluding hydrogens is 413 g/mol. The maximum Gasteiger partial charge on any atom is 0.231 e. The minimum Gasteiger partial charge on any atom is -0.397 e. The highest BCUT2D eigenvalue weighted by molar-refractivity contribution is 6.53. The zero-order chi connectivity index (χ0) is 17.6. The summed E-state index contributed by atoms with van der Waals surface area (Å²) in [5, 5.41) is 4.07. The second-order valence-corrected chi connectivity index (χ2v) is 8.28. The van der Waals surface area contributed by atoms with Crippen molar-refractivity contribution in [2.45, 2.75) is 10.3 Å². The van der Waals surface area contributed by atoms with E-state index in [9.17, 15) is 4.79 Å². The molecule has 2 atom stereocenters. The molecule has 1 saturated carbocycles. The van der Waals surface area contributed by atoms with Gasteiger partial charge in [-0.15, -0.1) is 23.2 Å². The molecule has 1 aliphatic carbocycles. The van der Waals surface area contributed by atoms with E-state index >= 15 is 0 Å². The van der Waals surface area contributed by atoms with E-state index in [-0.39, 0.29) is 5.91 Å². The van der Waals surface area contributed by atoms with E-state index in [2.05, 4.69) is 5.32 Å². The van der Waals surface area contributed by atoms with Gasteiger partial charge in [0.15, 0.2) is 0 Å². The third-order valence-electron chi connectivity index (χ3n) is 3.84. The van der Waals surface area contributed by atoms with Crippen molar-refractivity contribution < 1.29 is 4.79 Å². The Balaban J connectivity index is 1.81. The van der Waals surface area contributed by atoms with Gasteiger partial charge >= 0.3 is 0 Å². The summed E-state index contributed by atoms with van der Waals surface area (Å²) >= 11 is 30.5. The smallest absolute Gasteiger partial charge is 0.231 e. The molecule has 1 fully saturated rings. The highest BCUT2D eigenvalue weighted by Gasteiger charge is 2.67. The number of halogens is 5. The minimum absolute atomic E-state index is 0.317. The lowest BCUT2D eigenvalue weighted by Gasteiger charge is -2.07. The van der Waals surface area contributed by atoms with E-state index < -0.39 is 16.2 Å². The second-order valence-electron chi connectivity index (χ2n) is 5.56. The Bertz CT molecular complexity index is 804. The summed E-state index contributed by atoms with van der Waals surface area (Å²) < 4.78 is -1.23. The van der Waals surface area contributed by atoms with Crippen molar-refractivity contribution in [1.82, 2.24) is 0 Å². The quantitative estimate of drug-likeness (QED) is 0.487. The fourth-order valence-corrected chi connectivity index (χ4v) is 4.15. The van der Waals surface area contributed by atoms with Crippen molar-refractivity contribution in [2.24, 2.45) is 5.92 Å². The predicted octanol–water partition coefficient (Wildman–Crippen LogP) is 5.76. The van der Waals surface area contributed by atoms with Crippen molar-refractivity contribution >= 4 is 75.3 Å². The Morgan fingerprint density at radius 1 is 1.04 bits per heavy atom. The first-order chi connectivity index (χ1) is 11.2. The van der Waals surface area contributed by atoms with Crippen LogP contribution in [0.4, 0.5) is 11.4 Å². The van der Waals surface area contributed by atoms with Gasteiger partial charge in [-0.3, -0.25) is 4.79 Å². The highest BCUT2D eigenvalue weighted by Crippen LogP contribution is 2.65. The lowest BCUT2D eigenvalue weighted by Crippen LogP contribution is -2.17. The van der Waals surface area contributed by atoms with Gasteiger partial charge in [-0.1, -0.05) is 34.8 Å². The number of alkyl halides is 2. The Morgan fingerprint density at radius 3 is 2.25 bits per heavy atom. The van der Waals surface area contributed by atoms with Gasteiger partial charge in [0.2, 0.25) is 5.91 Å². The van der Waals surface area contributed by atoms with Crippen LogP contribution >= 0.6 is 58.0 Å². The average molecular weight is 425 g/mol. The molecule has 0 heterocycles. The molecule has 2 aromatic rings. The number of nitrogens with two attached hydrogens (primary N) is 1. The lowest BCUT2D eigenvalue weighted by molar-refractivity contribution is -0.117. The van der Waals surface area contributed by atoms with Gasteiger partial charge in [-0.2, -0.15) is 0 Å². The number of hydrogen-bond acceptors (Lipinski definition) is 2. The number of carbonyl (C=O) groups excluding carboxylic acids is 1. The maximum absolute atomic E-state index is 12.5. The third-order valence-corrected chi connectivity index (χ3v) is 5.56. The van der Waals surface area contributed by atoms with Crippen molar-refractivity contribution in [3.63, 3.8) is 0 Å². The van der Waals surface area contributed by atoms with Crippen molar-refractivity contribution in [2.75, 3.05) is 11.1 Å². The molecule has 0 radical (unpaired) electrons. The summed E-state index contributed by atoms with van der Waals surface area (Å²) in [4.78, 5) is 12.5. The monoisotopic (exact) mass is 422 g/mol. The Hall–Kier alpha value is -0.840. The second kappa shape index (κ2) is 6.47. The topological polar surface area (TPSA) is 55.1 Å². The van der Waals surface area contributed by atoms with Gasteiger partial charge in [-0.05, 0) is 42.0 Å². The van der Waals surface area contributed by atoms with Crippen LogP contribution in [0.3, 0.4) is 0 Å². The van der Waals surface area contributed by atoms with Crippen LogP contribution in [0.1, 0.15) is 11.5 Å². The van der Waals surface area contributed by atoms with Gasteiger partial charge in [-0.25, -0.2) is 0 Å². The van der Waals surface area contributed by atoms with Crippen LogP contribution in [0.2, 0.25) is 15.1 Å². The molecule has 8 heteroatoms. The van der Waals surface area contributed by atoms with Crippen LogP contribution in [0.25, 0.3) is 0 Å². The minimum atomic E-state index is -1.23. The van der Waals surface area contributed by atoms with Crippen LogP contribution in [-0.2, 0) is 4.79 Å². The first-order valence-corrected chi connectivity index (χ1v) is 8.79. The Kier molecular flexibility index (Phi) is 4.84. The SMILES string of the molecule is Nc1cc(NC(=O)C2C(c3cc(Cl)cc(Cl)c3)C2(Cl)Cl)ccc1Cl. The molecule has 126 valence electrons. The number of amides is 1. The first-order valence-electron chi connectivity index (χ1n) is 6.90. The number of benzene rings is 2. The van der Waals surface area contributed by atoms with Crippen LogP contribution in [0, 0.1) is 5.92 Å². The summed E-state index contributed by atoms with van der Waals surface area (Å²) in [7, 11) is 0. The van der Waals surface area contributed by atoms with E-state index in [1.54, 1.807) is 36.4 Å². The standard InChI is InChI=1S/C16H11Cl5N2O/c17-8-3-7(4-9(18)5-8)13-14(16(13,20)21)15(24)23-10-1-2-11(19)12(22)6-10/h1-6,13-14H,22H2,(H,23,24). The first kappa shape index (κ1) is 18.0. The molecule has 0 bridgehead atoms. The zero-order valence-electron chi connectivity index (χ0n) is 12.0. The molecule has 3 N–H and O–H groups in total. The summed E-state index contributed by atoms with van der Waals surface area (Å²) in [6.45, 7) is 0. The molecule has 1 amide bonds. The number of anilines is 2. The third kappa shape index (κ3) is 3.42. The van der Waals surface area contributed by atoms with Crippen LogP contribution in [0.15, 0.2) is 36.4 Å². The van der Waals surface area contributed by atoms with Gasteiger partial charge in [0.1, 0.15) is 4.33 Å². The molecule has 2 unspecified atom stereocenters. The number of hydrogen-bond donors (Lipinski definition) is 2. The molecule has 3 rings (SSSR count). The molecule has 24 heavy (non-hydrogen) atoms. The van der Waals surface area contributed by atoms with E-state index in [1.165, 1.54) is 0 Å². The average Bonchev–Trinajstić information content (AvgIpc) is 3.05. The Labute approximate surface area is 164 Å². The number of nitrogens with one attached hydrogen (secondary N) is 1. The van der Waals surface area contributed by atoms with Crippen LogP contribution < -0.4 is 11.1 Å². The van der Waals surface area contributed by atoms with Crippen molar-refractivity contribution in [1.29, 1.82) is 0 Å². The molecule has 0 saturated heterocycles. The van der Waals surface area contributed by atoms with E-state index in [0.29, 0.717) is 32.0 Å². The molecular formula is C16H11Cl5N2O. The zero-order valence-corrected chi connectivity index (χ0v) is 15.8. The lowest BCUT2D eigenvalue weighted by atomic mass is 10.1. The maximum atomic E-state index is 12.5. The van der Waals surface area contributed by atoms with E-state index in [1.807, 2.05) is 0 Å². The fraction of sp³-hybridized carbons (Fsp3) is 0.188. The number of nitrogen functional groups attached to an aromatic ring is 1. The fourth-order valence-electron chi connectivity index (χ4n) is 2.66. The van der Waals surface area contributed by atoms with Gasteiger partial charge in [0.05, 0.1) is 16.6 Å². The van der Waals surface area contributed by atoms with Crippen LogP contribution in [-0.4, -0.2) is 10.2 Å². The molecule has 0 aromatic heterocycles. The highest BCUT2D eigenvalue weighted by atomic mass is 35.5. The van der Waals surface area contributed by atoms with Gasteiger partial charge in [0, 0.05) is 21.7 Å². The summed E-state index contributed by atoms with van der Waals surface area (Å²) in [6.07, 6.45) is 0. The van der Waals surface area contributed by atoms with E-state index in [4.69, 9.17) is 63.7 Å². The van der Waals surface area contributed by atoms with E-state index in [0.717, 1.165) is 0 Å². The van der Waals surface area contributed by atoms with Gasteiger partial charge < -0.3 is 11.1 Å². The molecule has 0 spiro atoms. The largest absolute Gasteiger partial charge is 0.397 e. The molecule has 0 aliphatic heterocycles. The normalized spacial score (nSPS) is 21.4. The van der Waals surface area contributed by atoms with Crippen molar-refractivity contribution in [3.05, 3.63) is 57.0 Å². The predicted molar refractivity (Wildman–Crippen MR) is 102 cm³/mol. The number of carbonyl (C=O) groups is 1. The summed E-state index contributed by atoms with van der Waals surface area (Å²) in [5.41, 5.74) is 7.33. The Morgan fingerprint density at radius 2 is 1.67 bits per heavy atom. The van der Waals surface area contributed by atoms with Crippen molar-refractivity contribution in [3.8, 4) is 0 Å². The van der Waals surface area contributed by atoms with Crippen LogP contribution in [0.5, 0.6) is 0 Å². The molecule has 1 aliphatic rings. The molecule has 2 aromatic carbocycles. The summed E-state index contributed by atoms with van der Waals surface area (Å²) in [5.74, 6) is -1.35. The summed E-state index contributed by atoms with van der Waals surface area (Å²) in [6, 6.07) is 9.82. The van der Waals surface area contributed by atoms with Gasteiger partial charge in [0.25, 0.3) is 0 Å². The molecule has 3 nitrogen and oxygen atoms in total.